The van der Waals surface area contributed by atoms with E-state index in [1.165, 1.54) is 5.56 Å². The first-order valence-electron chi connectivity index (χ1n) is 4.39. The van der Waals surface area contributed by atoms with E-state index in [0.29, 0.717) is 13.0 Å². The second-order valence-electron chi connectivity index (χ2n) is 2.88. The van der Waals surface area contributed by atoms with Gasteiger partial charge in [0.2, 0.25) is 0 Å². The highest BCUT2D eigenvalue weighted by Crippen LogP contribution is 2.01. The van der Waals surface area contributed by atoms with Gasteiger partial charge in [-0.05, 0) is 30.2 Å². The monoisotopic (exact) mass is 185 g/mol. The number of benzene rings is 1. The average molecular weight is 185 g/mol. The Kier molecular flexibility index (Phi) is 4.13. The Morgan fingerprint density at radius 3 is 3.07 bits per heavy atom. The minimum atomic E-state index is 0.440. The van der Waals surface area contributed by atoms with Crippen molar-refractivity contribution in [3.63, 3.8) is 0 Å². The number of rotatable bonds is 2. The lowest BCUT2D eigenvalue weighted by molar-refractivity contribution is 1.01. The number of hydrogen-bond acceptors (Lipinski definition) is 1. The molecule has 0 saturated heterocycles. The Morgan fingerprint density at radius 2 is 2.36 bits per heavy atom. The fraction of sp³-hybridized carbons (Fsp3) is 0.273. The zero-order chi connectivity index (χ0) is 10.2. The topological polar surface area (TPSA) is 48.8 Å². The summed E-state index contributed by atoms with van der Waals surface area (Å²) in [6.45, 7) is 2.47. The summed E-state index contributed by atoms with van der Waals surface area (Å²) in [4.78, 5) is 2.65. The summed E-state index contributed by atoms with van der Waals surface area (Å²) in [5.74, 6) is 5.96. The molecule has 3 nitrogen and oxygen atoms in total. The lowest BCUT2D eigenvalue weighted by atomic mass is 10.1. The molecule has 70 valence electrons. The van der Waals surface area contributed by atoms with Gasteiger partial charge >= 0.3 is 0 Å². The quantitative estimate of drug-likeness (QED) is 0.223. The highest BCUT2D eigenvalue weighted by atomic mass is 15.1. The maximum Gasteiger partial charge on any atom is 0.0367 e. The Labute approximate surface area is 83.4 Å². The van der Waals surface area contributed by atoms with Crippen LogP contribution in [0.25, 0.3) is 10.4 Å². The molecule has 1 rings (SSSR count). The van der Waals surface area contributed by atoms with Gasteiger partial charge in [-0.1, -0.05) is 29.1 Å². The van der Waals surface area contributed by atoms with Crippen LogP contribution >= 0.6 is 0 Å². The lowest BCUT2D eigenvalue weighted by Crippen LogP contribution is -1.77. The van der Waals surface area contributed by atoms with Gasteiger partial charge in [-0.15, -0.1) is 0 Å². The summed E-state index contributed by atoms with van der Waals surface area (Å²) in [7, 11) is 0. The van der Waals surface area contributed by atoms with Gasteiger partial charge in [-0.25, -0.2) is 0 Å². The first kappa shape index (κ1) is 10.2. The van der Waals surface area contributed by atoms with Gasteiger partial charge in [0.05, 0.1) is 0 Å². The van der Waals surface area contributed by atoms with Crippen LogP contribution in [0.4, 0.5) is 0 Å². The molecule has 3 heteroatoms. The van der Waals surface area contributed by atoms with Crippen LogP contribution in [0.2, 0.25) is 0 Å². The van der Waals surface area contributed by atoms with Crippen LogP contribution in [0.1, 0.15) is 17.5 Å². The first-order valence-corrected chi connectivity index (χ1v) is 4.39. The Hall–Kier alpha value is -1.91. The van der Waals surface area contributed by atoms with E-state index in [-0.39, 0.29) is 0 Å². The Bertz CT molecular complexity index is 406. The van der Waals surface area contributed by atoms with Crippen LogP contribution < -0.4 is 0 Å². The van der Waals surface area contributed by atoms with E-state index in [1.54, 1.807) is 0 Å². The molecule has 0 radical (unpaired) electrons. The molecule has 1 aromatic carbocycles. The van der Waals surface area contributed by atoms with Crippen molar-refractivity contribution in [3.05, 3.63) is 45.8 Å². The van der Waals surface area contributed by atoms with E-state index < -0.39 is 0 Å². The molecule has 0 N–H and O–H groups in total. The summed E-state index contributed by atoms with van der Waals surface area (Å²) < 4.78 is 0. The summed E-state index contributed by atoms with van der Waals surface area (Å²) >= 11 is 0. The Morgan fingerprint density at radius 1 is 1.50 bits per heavy atom. The molecule has 0 bridgehead atoms. The highest BCUT2D eigenvalue weighted by Gasteiger charge is 1.85. The fourth-order valence-electron chi connectivity index (χ4n) is 1.04. The predicted octanol–water partition coefficient (Wildman–Crippen LogP) is 3.05. The predicted molar refractivity (Wildman–Crippen MR) is 56.7 cm³/mol. The standard InChI is InChI=1S/C11H11N3/c1-10-5-4-7-11(9-10)6-2-3-8-13-14-12/h4-5,7,9H,3,8H2,1H3. The van der Waals surface area contributed by atoms with Crippen LogP contribution in [0.5, 0.6) is 0 Å². The van der Waals surface area contributed by atoms with E-state index in [4.69, 9.17) is 5.53 Å². The number of aryl methyl sites for hydroxylation is 1. The summed E-state index contributed by atoms with van der Waals surface area (Å²) in [6, 6.07) is 8.01. The van der Waals surface area contributed by atoms with E-state index >= 15 is 0 Å². The van der Waals surface area contributed by atoms with Gasteiger partial charge in [0.1, 0.15) is 0 Å². The van der Waals surface area contributed by atoms with Gasteiger partial charge in [-0.2, -0.15) is 0 Å². The largest absolute Gasteiger partial charge is 0.0978 e. The van der Waals surface area contributed by atoms with Crippen LogP contribution in [-0.4, -0.2) is 6.54 Å². The number of nitrogens with zero attached hydrogens (tertiary/aromatic N) is 3. The number of hydrogen-bond donors (Lipinski definition) is 0. The molecule has 0 spiro atoms. The molecule has 14 heavy (non-hydrogen) atoms. The molecule has 0 aliphatic heterocycles. The summed E-state index contributed by atoms with van der Waals surface area (Å²) in [5, 5.41) is 3.40. The van der Waals surface area contributed by atoms with Crippen LogP contribution in [0, 0.1) is 18.8 Å². The van der Waals surface area contributed by atoms with E-state index in [1.807, 2.05) is 31.2 Å². The van der Waals surface area contributed by atoms with Crippen LogP contribution in [0.15, 0.2) is 29.4 Å². The van der Waals surface area contributed by atoms with Crippen LogP contribution in [-0.2, 0) is 0 Å². The molecule has 0 aromatic heterocycles. The summed E-state index contributed by atoms with van der Waals surface area (Å²) in [6.07, 6.45) is 0.609. The Balaban J connectivity index is 2.54. The van der Waals surface area contributed by atoms with E-state index in [0.717, 1.165) is 5.56 Å². The smallest absolute Gasteiger partial charge is 0.0367 e. The molecular weight excluding hydrogens is 174 g/mol. The van der Waals surface area contributed by atoms with E-state index in [2.05, 4.69) is 21.9 Å². The van der Waals surface area contributed by atoms with Crippen molar-refractivity contribution in [1.82, 2.24) is 0 Å². The SMILES string of the molecule is Cc1cccc(C#CCCN=[N+]=[N-])c1. The van der Waals surface area contributed by atoms with Crippen molar-refractivity contribution in [3.8, 4) is 11.8 Å². The number of azide groups is 1. The maximum atomic E-state index is 8.03. The van der Waals surface area contributed by atoms with Gasteiger partial charge in [0.25, 0.3) is 0 Å². The third-order valence-corrected chi connectivity index (χ3v) is 1.65. The molecule has 0 heterocycles. The maximum absolute atomic E-state index is 8.03. The van der Waals surface area contributed by atoms with Crippen molar-refractivity contribution in [2.75, 3.05) is 6.54 Å². The van der Waals surface area contributed by atoms with Crippen molar-refractivity contribution < 1.29 is 0 Å². The second kappa shape index (κ2) is 5.69. The van der Waals surface area contributed by atoms with Crippen LogP contribution in [0.3, 0.4) is 0 Å². The third kappa shape index (κ3) is 3.66. The molecule has 0 unspecified atom stereocenters. The molecule has 1 aromatic rings. The van der Waals surface area contributed by atoms with Gasteiger partial charge in [-0.3, -0.25) is 0 Å². The zero-order valence-corrected chi connectivity index (χ0v) is 8.07. The zero-order valence-electron chi connectivity index (χ0n) is 8.07. The lowest BCUT2D eigenvalue weighted by Gasteiger charge is -1.91. The molecule has 0 amide bonds. The van der Waals surface area contributed by atoms with Crippen molar-refractivity contribution in [1.29, 1.82) is 0 Å². The molecule has 0 fully saturated rings. The normalized spacial score (nSPS) is 8.36. The third-order valence-electron chi connectivity index (χ3n) is 1.65. The van der Waals surface area contributed by atoms with Gasteiger partial charge in [0, 0.05) is 23.4 Å². The minimum Gasteiger partial charge on any atom is -0.0978 e. The molecule has 0 aliphatic carbocycles. The minimum absolute atomic E-state index is 0.440. The fourth-order valence-corrected chi connectivity index (χ4v) is 1.04. The molecule has 0 saturated carbocycles. The molecule has 0 atom stereocenters. The van der Waals surface area contributed by atoms with Crippen molar-refractivity contribution in [2.24, 2.45) is 5.11 Å². The van der Waals surface area contributed by atoms with Crippen molar-refractivity contribution in [2.45, 2.75) is 13.3 Å². The van der Waals surface area contributed by atoms with Crippen molar-refractivity contribution >= 4 is 0 Å². The molecular formula is C11H11N3. The van der Waals surface area contributed by atoms with E-state index in [9.17, 15) is 0 Å². The first-order chi connectivity index (χ1) is 6.83. The van der Waals surface area contributed by atoms with Gasteiger partial charge < -0.3 is 0 Å². The highest BCUT2D eigenvalue weighted by molar-refractivity contribution is 5.36. The van der Waals surface area contributed by atoms with Gasteiger partial charge in [0.15, 0.2) is 0 Å². The molecule has 0 aliphatic rings. The average Bonchev–Trinajstić information content (AvgIpc) is 2.18. The summed E-state index contributed by atoms with van der Waals surface area (Å²) in [5.41, 5.74) is 10.2. The second-order valence-corrected chi connectivity index (χ2v) is 2.88.